The van der Waals surface area contributed by atoms with Gasteiger partial charge in [-0.05, 0) is 4.68 Å². The van der Waals surface area contributed by atoms with E-state index >= 15 is 0 Å². The zero-order valence-corrected chi connectivity index (χ0v) is 5.17. The van der Waals surface area contributed by atoms with Crippen molar-refractivity contribution in [1.82, 2.24) is 9.90 Å². The third-order valence-corrected chi connectivity index (χ3v) is 0.956. The summed E-state index contributed by atoms with van der Waals surface area (Å²) in [6.45, 7) is 0. The molecule has 1 rings (SSSR count). The third kappa shape index (κ3) is 1.37. The normalized spacial score (nSPS) is 11.9. The van der Waals surface area contributed by atoms with Gasteiger partial charge in [0.05, 0.1) is 0 Å². The van der Waals surface area contributed by atoms with Crippen LogP contribution in [0, 0.1) is 0 Å². The largest absolute Gasteiger partial charge is 0.470 e. The molecule has 0 saturated heterocycles. The lowest BCUT2D eigenvalue weighted by Gasteiger charge is -2.04. The Morgan fingerprint density at radius 3 is 2.27 bits per heavy atom. The number of nitrogens with one attached hydrogen (secondary N) is 1. The molecule has 0 saturated carbocycles. The maximum atomic E-state index is 10.6. The van der Waals surface area contributed by atoms with Gasteiger partial charge in [-0.1, -0.05) is 5.21 Å². The van der Waals surface area contributed by atoms with Gasteiger partial charge in [0.2, 0.25) is 0 Å². The lowest BCUT2D eigenvalue weighted by Crippen LogP contribution is -2.42. The second-order valence-corrected chi connectivity index (χ2v) is 1.85. The summed E-state index contributed by atoms with van der Waals surface area (Å²) in [6.07, 6.45) is -2.73. The molecule has 0 aliphatic rings. The van der Waals surface area contributed by atoms with E-state index in [-0.39, 0.29) is 9.53 Å². The Labute approximate surface area is 59.1 Å². The lowest BCUT2D eigenvalue weighted by molar-refractivity contribution is -0.950. The minimum atomic E-state index is -3.33. The van der Waals surface area contributed by atoms with Crippen LogP contribution in [-0.4, -0.2) is 30.4 Å². The van der Waals surface area contributed by atoms with Gasteiger partial charge in [-0.15, -0.1) is 0 Å². The quantitative estimate of drug-likeness (QED) is 0.166. The van der Waals surface area contributed by atoms with Crippen LogP contribution in [0.15, 0.2) is 11.0 Å². The fourth-order valence-electron chi connectivity index (χ4n) is 0.558. The molecule has 0 aliphatic carbocycles. The summed E-state index contributed by atoms with van der Waals surface area (Å²) in [5.74, 6) is 0. The van der Waals surface area contributed by atoms with Crippen LogP contribution in [0.1, 0.15) is 0 Å². The lowest BCUT2D eigenvalue weighted by atomic mass is 10.8. The van der Waals surface area contributed by atoms with Crippen molar-refractivity contribution >= 4 is 0 Å². The highest BCUT2D eigenvalue weighted by atomic mass is 16.7. The van der Waals surface area contributed by atoms with E-state index in [2.05, 4.69) is 0 Å². The number of aromatic nitrogens is 3. The van der Waals surface area contributed by atoms with Gasteiger partial charge in [0.1, 0.15) is 0 Å². The second kappa shape index (κ2) is 2.05. The Morgan fingerprint density at radius 2 is 2.09 bits per heavy atom. The van der Waals surface area contributed by atoms with Gasteiger partial charge in [0.25, 0.3) is 6.20 Å². The van der Waals surface area contributed by atoms with Crippen molar-refractivity contribution in [2.45, 2.75) is 6.10 Å². The minimum absolute atomic E-state index is 0.00694. The fraction of sp³-hybridized carbons (Fsp3) is 0.333. The summed E-state index contributed by atoms with van der Waals surface area (Å²) >= 11 is 0. The molecule has 0 aromatic carbocycles. The first-order chi connectivity index (χ1) is 4.91. The summed E-state index contributed by atoms with van der Waals surface area (Å²) in [7, 11) is 0. The molecular weight excluding hydrogens is 158 g/mol. The molecule has 5 N–H and O–H groups in total. The Balaban J connectivity index is 3.25. The van der Waals surface area contributed by atoms with Crippen LogP contribution in [0.25, 0.3) is 0 Å². The van der Waals surface area contributed by atoms with Crippen LogP contribution in [0.4, 0.5) is 0 Å². The molecule has 0 bridgehead atoms. The Kier molecular flexibility index (Phi) is 1.44. The highest BCUT2D eigenvalue weighted by Crippen LogP contribution is 1.92. The highest BCUT2D eigenvalue weighted by Gasteiger charge is 2.32. The predicted octanol–water partition coefficient (Wildman–Crippen LogP) is -3.75. The van der Waals surface area contributed by atoms with Crippen molar-refractivity contribution in [2.24, 2.45) is 0 Å². The first-order valence-corrected chi connectivity index (χ1v) is 2.52. The van der Waals surface area contributed by atoms with E-state index in [4.69, 9.17) is 20.5 Å². The van der Waals surface area contributed by atoms with Crippen molar-refractivity contribution in [3.05, 3.63) is 16.6 Å². The third-order valence-electron chi connectivity index (χ3n) is 0.956. The number of aliphatic hydroxyl groups is 3. The molecule has 0 unspecified atom stereocenters. The topological polar surface area (TPSA) is 123 Å². The van der Waals surface area contributed by atoms with Crippen LogP contribution >= 0.6 is 0 Å². The van der Waals surface area contributed by atoms with Crippen molar-refractivity contribution in [2.75, 3.05) is 0 Å². The van der Waals surface area contributed by atoms with Gasteiger partial charge >= 0.3 is 11.7 Å². The molecule has 0 atom stereocenters. The minimum Gasteiger partial charge on any atom is -0.331 e. The molecule has 11 heavy (non-hydrogen) atoms. The van der Waals surface area contributed by atoms with Gasteiger partial charge in [0, 0.05) is 4.85 Å². The average Bonchev–Trinajstić information content (AvgIpc) is 2.08. The van der Waals surface area contributed by atoms with E-state index in [0.717, 1.165) is 0 Å². The van der Waals surface area contributed by atoms with Gasteiger partial charge in [0.15, 0.2) is 0 Å². The summed E-state index contributed by atoms with van der Waals surface area (Å²) in [5, 5.41) is 35.4. The molecular formula is C3H6N3O5+. The fourth-order valence-corrected chi connectivity index (χ4v) is 0.558. The van der Waals surface area contributed by atoms with Crippen molar-refractivity contribution in [3.63, 3.8) is 0 Å². The Morgan fingerprint density at radius 1 is 1.55 bits per heavy atom. The summed E-state index contributed by atoms with van der Waals surface area (Å²) in [4.78, 5) is 10.7. The van der Waals surface area contributed by atoms with Crippen molar-refractivity contribution in [3.8, 4) is 0 Å². The van der Waals surface area contributed by atoms with Crippen LogP contribution in [0.3, 0.4) is 0 Å². The number of nitrogens with zero attached hydrogens (tertiary/aromatic N) is 2. The van der Waals surface area contributed by atoms with Crippen molar-refractivity contribution in [1.29, 1.82) is 0 Å². The first-order valence-electron chi connectivity index (χ1n) is 2.52. The highest BCUT2D eigenvalue weighted by molar-refractivity contribution is 4.63. The molecule has 8 heteroatoms. The van der Waals surface area contributed by atoms with Crippen LogP contribution in [-0.2, 0) is 6.10 Å². The zero-order valence-electron chi connectivity index (χ0n) is 5.17. The van der Waals surface area contributed by atoms with E-state index in [1.54, 1.807) is 5.21 Å². The molecule has 8 nitrogen and oxygen atoms in total. The van der Waals surface area contributed by atoms with Crippen molar-refractivity contribution < 1.29 is 25.4 Å². The molecule has 0 fully saturated rings. The molecule has 0 amide bonds. The van der Waals surface area contributed by atoms with Crippen LogP contribution in [0.2, 0.25) is 0 Å². The first kappa shape index (κ1) is 7.72. The maximum absolute atomic E-state index is 10.6. The van der Waals surface area contributed by atoms with E-state index in [0.29, 0.717) is 6.20 Å². The number of hydrogen-bond acceptors (Lipinski definition) is 5. The standard InChI is InChI=1S/C3H5N3O5/c7-2-1-5(11)4-6(2)3(8,9)10/h1,8-10H,(H-,4,7,11)/p+1. The van der Waals surface area contributed by atoms with Gasteiger partial charge in [-0.2, -0.15) is 0 Å². The molecule has 0 aliphatic heterocycles. The number of hydrogen-bond donors (Lipinski definition) is 5. The number of H-pyrrole nitrogens is 1. The Hall–Kier alpha value is -1.38. The molecule has 1 aromatic heterocycles. The molecule has 62 valence electrons. The maximum Gasteiger partial charge on any atom is 0.470 e. The second-order valence-electron chi connectivity index (χ2n) is 1.85. The van der Waals surface area contributed by atoms with Crippen LogP contribution in [0.5, 0.6) is 0 Å². The number of aromatic amines is 1. The number of rotatable bonds is 1. The zero-order chi connectivity index (χ0) is 8.65. The predicted molar refractivity (Wildman–Crippen MR) is 27.1 cm³/mol. The SMILES string of the molecule is O=c1c[n+](O)[nH]n1C(O)(O)O. The summed E-state index contributed by atoms with van der Waals surface area (Å²) in [6, 6.07) is 0. The van der Waals surface area contributed by atoms with Crippen LogP contribution < -0.4 is 10.4 Å². The van der Waals surface area contributed by atoms with Gasteiger partial charge in [-0.3, -0.25) is 0 Å². The molecule has 1 heterocycles. The summed E-state index contributed by atoms with van der Waals surface area (Å²) < 4.78 is 0.00694. The smallest absolute Gasteiger partial charge is 0.331 e. The van der Waals surface area contributed by atoms with E-state index in [1.165, 1.54) is 0 Å². The molecule has 0 radical (unpaired) electrons. The molecule has 1 aromatic rings. The summed E-state index contributed by atoms with van der Waals surface area (Å²) in [5.41, 5.74) is -1.000. The van der Waals surface area contributed by atoms with E-state index < -0.39 is 11.7 Å². The average molecular weight is 164 g/mol. The molecule has 0 spiro atoms. The monoisotopic (exact) mass is 164 g/mol. The van der Waals surface area contributed by atoms with Gasteiger partial charge in [-0.25, -0.2) is 4.79 Å². The van der Waals surface area contributed by atoms with Gasteiger partial charge < -0.3 is 20.5 Å². The Bertz CT molecular complexity index is 306. The van der Waals surface area contributed by atoms with E-state index in [9.17, 15) is 4.79 Å². The van der Waals surface area contributed by atoms with E-state index in [1.807, 2.05) is 0 Å².